The van der Waals surface area contributed by atoms with E-state index in [1.165, 1.54) is 5.57 Å². The average Bonchev–Trinajstić information content (AvgIpc) is 2.34. The number of allylic oxidation sites excluding steroid dienone is 2. The molecule has 0 saturated heterocycles. The molecular formula is C14H20O3. The largest absolute Gasteiger partial charge is 0.384 e. The highest BCUT2D eigenvalue weighted by atomic mass is 16.5. The number of carbonyl (C=O) groups is 1. The molecule has 2 unspecified atom stereocenters. The Hall–Kier alpha value is -0.930. The van der Waals surface area contributed by atoms with Gasteiger partial charge in [-0.05, 0) is 19.3 Å². The van der Waals surface area contributed by atoms with E-state index in [1.807, 2.05) is 6.08 Å². The fourth-order valence-electron chi connectivity index (χ4n) is 2.96. The van der Waals surface area contributed by atoms with Crippen LogP contribution >= 0.6 is 0 Å². The van der Waals surface area contributed by atoms with Gasteiger partial charge < -0.3 is 9.47 Å². The van der Waals surface area contributed by atoms with Crippen LogP contribution in [0.4, 0.5) is 0 Å². The molecule has 3 nitrogen and oxygen atoms in total. The van der Waals surface area contributed by atoms with Crippen LogP contribution in [0, 0.1) is 11.3 Å². The number of carbonyl (C=O) groups excluding carboxylic acids is 1. The summed E-state index contributed by atoms with van der Waals surface area (Å²) < 4.78 is 10.4. The summed E-state index contributed by atoms with van der Waals surface area (Å²) in [6.07, 6.45) is 9.10. The molecule has 0 amide bonds. The summed E-state index contributed by atoms with van der Waals surface area (Å²) in [6, 6.07) is 0. The molecule has 3 heteroatoms. The first-order valence-electron chi connectivity index (χ1n) is 6.14. The Balaban J connectivity index is 2.29. The van der Waals surface area contributed by atoms with E-state index in [1.54, 1.807) is 14.2 Å². The first-order valence-corrected chi connectivity index (χ1v) is 6.14. The SMILES string of the molecule is COCC1CCC2=CCC=CC2(COC)C1=O. The number of Topliss-reactive ketones (excluding diaryl/α,β-unsaturated/α-hetero) is 1. The van der Waals surface area contributed by atoms with Gasteiger partial charge in [0.1, 0.15) is 0 Å². The van der Waals surface area contributed by atoms with Crippen molar-refractivity contribution in [2.24, 2.45) is 11.3 Å². The van der Waals surface area contributed by atoms with E-state index in [0.29, 0.717) is 13.2 Å². The van der Waals surface area contributed by atoms with Crippen molar-refractivity contribution in [2.45, 2.75) is 19.3 Å². The predicted molar refractivity (Wildman–Crippen MR) is 65.8 cm³/mol. The molecule has 0 N–H and O–H groups in total. The zero-order valence-corrected chi connectivity index (χ0v) is 10.6. The van der Waals surface area contributed by atoms with Crippen LogP contribution in [0.2, 0.25) is 0 Å². The molecule has 0 aromatic heterocycles. The van der Waals surface area contributed by atoms with Gasteiger partial charge in [-0.2, -0.15) is 0 Å². The molecule has 2 rings (SSSR count). The smallest absolute Gasteiger partial charge is 0.154 e. The third-order valence-electron chi connectivity index (χ3n) is 3.79. The van der Waals surface area contributed by atoms with E-state index < -0.39 is 5.41 Å². The minimum Gasteiger partial charge on any atom is -0.384 e. The van der Waals surface area contributed by atoms with Crippen molar-refractivity contribution >= 4 is 5.78 Å². The van der Waals surface area contributed by atoms with Crippen LogP contribution in [0.1, 0.15) is 19.3 Å². The van der Waals surface area contributed by atoms with E-state index in [4.69, 9.17) is 9.47 Å². The van der Waals surface area contributed by atoms with E-state index in [0.717, 1.165) is 19.3 Å². The first kappa shape index (κ1) is 12.5. The van der Waals surface area contributed by atoms with Crippen molar-refractivity contribution in [3.8, 4) is 0 Å². The zero-order valence-electron chi connectivity index (χ0n) is 10.6. The molecule has 0 aromatic rings. The van der Waals surface area contributed by atoms with Crippen LogP contribution in [0.5, 0.6) is 0 Å². The molecule has 17 heavy (non-hydrogen) atoms. The molecule has 1 fully saturated rings. The van der Waals surface area contributed by atoms with Gasteiger partial charge in [0, 0.05) is 20.1 Å². The van der Waals surface area contributed by atoms with Crippen molar-refractivity contribution in [2.75, 3.05) is 27.4 Å². The summed E-state index contributed by atoms with van der Waals surface area (Å²) in [6.45, 7) is 0.972. The van der Waals surface area contributed by atoms with Crippen molar-refractivity contribution in [3.63, 3.8) is 0 Å². The maximum absolute atomic E-state index is 12.6. The lowest BCUT2D eigenvalue weighted by atomic mass is 9.64. The normalized spacial score (nSPS) is 32.2. The van der Waals surface area contributed by atoms with Crippen LogP contribution in [0.25, 0.3) is 0 Å². The molecule has 2 atom stereocenters. The van der Waals surface area contributed by atoms with Gasteiger partial charge in [-0.3, -0.25) is 4.79 Å². The summed E-state index contributed by atoms with van der Waals surface area (Å²) in [5.41, 5.74) is 0.730. The van der Waals surface area contributed by atoms with E-state index >= 15 is 0 Å². The molecule has 0 radical (unpaired) electrons. The van der Waals surface area contributed by atoms with Gasteiger partial charge in [0.15, 0.2) is 5.78 Å². The summed E-state index contributed by atoms with van der Waals surface area (Å²) in [4.78, 5) is 12.6. The second-order valence-electron chi connectivity index (χ2n) is 4.83. The standard InChI is InChI=1S/C14H20O3/c1-16-9-11-6-7-12-5-3-4-8-14(12,10-17-2)13(11)15/h4-5,8,11H,3,6-7,9-10H2,1-2H3. The molecule has 1 saturated carbocycles. The Kier molecular flexibility index (Phi) is 3.79. The lowest BCUT2D eigenvalue weighted by Gasteiger charge is -2.40. The zero-order chi connectivity index (χ0) is 12.3. The fourth-order valence-corrected chi connectivity index (χ4v) is 2.96. The second kappa shape index (κ2) is 5.15. The molecule has 0 spiro atoms. The van der Waals surface area contributed by atoms with Crippen LogP contribution < -0.4 is 0 Å². The summed E-state index contributed by atoms with van der Waals surface area (Å²) in [7, 11) is 3.31. The highest BCUT2D eigenvalue weighted by molar-refractivity contribution is 5.93. The van der Waals surface area contributed by atoms with Crippen LogP contribution in [-0.2, 0) is 14.3 Å². The number of rotatable bonds is 4. The van der Waals surface area contributed by atoms with E-state index in [-0.39, 0.29) is 11.7 Å². The van der Waals surface area contributed by atoms with Gasteiger partial charge >= 0.3 is 0 Å². The highest BCUT2D eigenvalue weighted by Gasteiger charge is 2.46. The van der Waals surface area contributed by atoms with Crippen molar-refractivity contribution in [1.29, 1.82) is 0 Å². The predicted octanol–water partition coefficient (Wildman–Crippen LogP) is 2.13. The Morgan fingerprint density at radius 2 is 2.24 bits per heavy atom. The van der Waals surface area contributed by atoms with Crippen molar-refractivity contribution in [3.05, 3.63) is 23.8 Å². The van der Waals surface area contributed by atoms with Gasteiger partial charge in [0.25, 0.3) is 0 Å². The molecule has 0 heterocycles. The van der Waals surface area contributed by atoms with E-state index in [2.05, 4.69) is 12.2 Å². The quantitative estimate of drug-likeness (QED) is 0.701. The number of methoxy groups -OCH3 is 2. The maximum atomic E-state index is 12.6. The Bertz CT molecular complexity index is 356. The first-order chi connectivity index (χ1) is 8.24. The average molecular weight is 236 g/mol. The minimum atomic E-state index is -0.506. The molecule has 0 aromatic carbocycles. The molecule has 94 valence electrons. The number of ether oxygens (including phenoxy) is 2. The van der Waals surface area contributed by atoms with E-state index in [9.17, 15) is 4.79 Å². The molecule has 2 aliphatic rings. The minimum absolute atomic E-state index is 0.00931. The highest BCUT2D eigenvalue weighted by Crippen LogP contribution is 2.44. The number of fused-ring (bicyclic) bond motifs is 1. The molecular weight excluding hydrogens is 216 g/mol. The number of hydrogen-bond acceptors (Lipinski definition) is 3. The van der Waals surface area contributed by atoms with Gasteiger partial charge in [0.2, 0.25) is 0 Å². The lowest BCUT2D eigenvalue weighted by molar-refractivity contribution is -0.134. The van der Waals surface area contributed by atoms with Crippen LogP contribution in [-0.4, -0.2) is 33.2 Å². The van der Waals surface area contributed by atoms with Crippen molar-refractivity contribution < 1.29 is 14.3 Å². The monoisotopic (exact) mass is 236 g/mol. The maximum Gasteiger partial charge on any atom is 0.154 e. The topological polar surface area (TPSA) is 35.5 Å². The third kappa shape index (κ3) is 2.09. The third-order valence-corrected chi connectivity index (χ3v) is 3.79. The van der Waals surface area contributed by atoms with Gasteiger partial charge in [-0.1, -0.05) is 23.8 Å². The number of hydrogen-bond donors (Lipinski definition) is 0. The summed E-state index contributed by atoms with van der Waals surface area (Å²) in [5.74, 6) is 0.268. The van der Waals surface area contributed by atoms with Crippen molar-refractivity contribution in [1.82, 2.24) is 0 Å². The summed E-state index contributed by atoms with van der Waals surface area (Å²) in [5, 5.41) is 0. The summed E-state index contributed by atoms with van der Waals surface area (Å²) >= 11 is 0. The Morgan fingerprint density at radius 1 is 1.41 bits per heavy atom. The van der Waals surface area contributed by atoms with Crippen LogP contribution in [0.15, 0.2) is 23.8 Å². The van der Waals surface area contributed by atoms with Gasteiger partial charge in [0.05, 0.1) is 18.6 Å². The fraction of sp³-hybridized carbons (Fsp3) is 0.643. The number of ketones is 1. The van der Waals surface area contributed by atoms with Gasteiger partial charge in [-0.15, -0.1) is 0 Å². The molecule has 0 aliphatic heterocycles. The Morgan fingerprint density at radius 3 is 2.94 bits per heavy atom. The second-order valence-corrected chi connectivity index (χ2v) is 4.83. The molecule has 0 bridgehead atoms. The van der Waals surface area contributed by atoms with Crippen LogP contribution in [0.3, 0.4) is 0 Å². The lowest BCUT2D eigenvalue weighted by Crippen LogP contribution is -2.45. The Labute approximate surface area is 102 Å². The molecule has 2 aliphatic carbocycles. The van der Waals surface area contributed by atoms with Gasteiger partial charge in [-0.25, -0.2) is 0 Å².